The summed E-state index contributed by atoms with van der Waals surface area (Å²) in [5.41, 5.74) is 1.70. The molecule has 0 atom stereocenters. The van der Waals surface area contributed by atoms with Crippen LogP contribution < -0.4 is 0 Å². The predicted molar refractivity (Wildman–Crippen MR) is 62.2 cm³/mol. The average Bonchev–Trinajstić information content (AvgIpc) is 2.60. The summed E-state index contributed by atoms with van der Waals surface area (Å²) in [6.07, 6.45) is 0. The van der Waals surface area contributed by atoms with E-state index in [0.717, 1.165) is 21.1 Å². The molecule has 1 heterocycles. The number of H-pyrrole nitrogens is 1. The summed E-state index contributed by atoms with van der Waals surface area (Å²) in [5.74, 6) is 0.188. The van der Waals surface area contributed by atoms with Crippen LogP contribution in [0, 0.1) is 5.41 Å². The highest BCUT2D eigenvalue weighted by atomic mass is 79.9. The van der Waals surface area contributed by atoms with Crippen LogP contribution in [0.2, 0.25) is 0 Å². The molecule has 5 heteroatoms. The van der Waals surface area contributed by atoms with Gasteiger partial charge in [-0.1, -0.05) is 0 Å². The molecule has 0 bridgehead atoms. The Hall–Kier alpha value is -1.36. The molecule has 0 radical (unpaired) electrons. The van der Waals surface area contributed by atoms with Crippen LogP contribution in [0.3, 0.4) is 0 Å². The SMILES string of the molecule is CCOC(=N)c1ccc2[nH]nc(Br)c2c1. The molecule has 2 rings (SSSR count). The number of hydrogen-bond acceptors (Lipinski definition) is 3. The van der Waals surface area contributed by atoms with E-state index >= 15 is 0 Å². The van der Waals surface area contributed by atoms with Crippen molar-refractivity contribution in [3.63, 3.8) is 0 Å². The van der Waals surface area contributed by atoms with Gasteiger partial charge in [-0.25, -0.2) is 0 Å². The highest BCUT2D eigenvalue weighted by molar-refractivity contribution is 9.10. The Morgan fingerprint density at radius 1 is 1.60 bits per heavy atom. The number of nitrogens with one attached hydrogen (secondary N) is 2. The van der Waals surface area contributed by atoms with E-state index in [1.54, 1.807) is 0 Å². The van der Waals surface area contributed by atoms with Crippen molar-refractivity contribution in [2.24, 2.45) is 0 Å². The van der Waals surface area contributed by atoms with E-state index in [4.69, 9.17) is 10.1 Å². The van der Waals surface area contributed by atoms with E-state index in [-0.39, 0.29) is 5.90 Å². The summed E-state index contributed by atoms with van der Waals surface area (Å²) in [6.45, 7) is 2.37. The van der Waals surface area contributed by atoms with Crippen LogP contribution in [0.1, 0.15) is 12.5 Å². The fraction of sp³-hybridized carbons (Fsp3) is 0.200. The fourth-order valence-electron chi connectivity index (χ4n) is 1.35. The summed E-state index contributed by atoms with van der Waals surface area (Å²) >= 11 is 3.34. The van der Waals surface area contributed by atoms with Gasteiger partial charge in [-0.2, -0.15) is 5.10 Å². The summed E-state index contributed by atoms with van der Waals surface area (Å²) in [6, 6.07) is 5.60. The molecule has 0 unspecified atom stereocenters. The average molecular weight is 268 g/mol. The maximum absolute atomic E-state index is 7.66. The van der Waals surface area contributed by atoms with E-state index < -0.39 is 0 Å². The molecule has 1 aromatic carbocycles. The fourth-order valence-corrected chi connectivity index (χ4v) is 1.77. The Balaban J connectivity index is 2.45. The minimum atomic E-state index is 0.188. The summed E-state index contributed by atoms with van der Waals surface area (Å²) in [4.78, 5) is 0. The molecule has 0 amide bonds. The summed E-state index contributed by atoms with van der Waals surface area (Å²) < 4.78 is 5.88. The van der Waals surface area contributed by atoms with Crippen molar-refractivity contribution in [3.8, 4) is 0 Å². The second-order valence-corrected chi connectivity index (χ2v) is 3.79. The lowest BCUT2D eigenvalue weighted by Crippen LogP contribution is -2.04. The number of halogens is 1. The molecule has 2 N–H and O–H groups in total. The van der Waals surface area contributed by atoms with Crippen LogP contribution in [0.25, 0.3) is 10.9 Å². The molecule has 15 heavy (non-hydrogen) atoms. The Labute approximate surface area is 95.3 Å². The van der Waals surface area contributed by atoms with Gasteiger partial charge in [0.05, 0.1) is 12.1 Å². The van der Waals surface area contributed by atoms with E-state index in [1.807, 2.05) is 25.1 Å². The minimum absolute atomic E-state index is 0.188. The number of aromatic amines is 1. The third-order valence-electron chi connectivity index (χ3n) is 2.07. The van der Waals surface area contributed by atoms with Gasteiger partial charge < -0.3 is 4.74 Å². The molecule has 0 aliphatic carbocycles. The van der Waals surface area contributed by atoms with Crippen molar-refractivity contribution in [2.45, 2.75) is 6.92 Å². The number of fused-ring (bicyclic) bond motifs is 1. The maximum Gasteiger partial charge on any atom is 0.213 e. The minimum Gasteiger partial charge on any atom is -0.478 e. The number of benzene rings is 1. The lowest BCUT2D eigenvalue weighted by atomic mass is 10.1. The van der Waals surface area contributed by atoms with Gasteiger partial charge in [0.2, 0.25) is 5.90 Å². The molecule has 0 aliphatic heterocycles. The largest absolute Gasteiger partial charge is 0.478 e. The standard InChI is InChI=1S/C10H10BrN3O/c1-2-15-10(12)6-3-4-8-7(5-6)9(11)14-13-8/h3-5,12H,2H2,1H3,(H,13,14). The molecule has 0 fully saturated rings. The molecule has 78 valence electrons. The van der Waals surface area contributed by atoms with Gasteiger partial charge in [0, 0.05) is 10.9 Å². The molecule has 2 aromatic rings. The zero-order valence-corrected chi connectivity index (χ0v) is 9.76. The van der Waals surface area contributed by atoms with Crippen molar-refractivity contribution in [2.75, 3.05) is 6.61 Å². The molecule has 0 saturated heterocycles. The number of ether oxygens (including phenoxy) is 1. The normalized spacial score (nSPS) is 10.5. The van der Waals surface area contributed by atoms with Crippen molar-refractivity contribution in [1.29, 1.82) is 5.41 Å². The zero-order valence-electron chi connectivity index (χ0n) is 8.17. The van der Waals surface area contributed by atoms with Crippen LogP contribution in [-0.4, -0.2) is 22.7 Å². The first-order chi connectivity index (χ1) is 7.22. The van der Waals surface area contributed by atoms with Gasteiger partial charge in [0.15, 0.2) is 0 Å². The van der Waals surface area contributed by atoms with Crippen LogP contribution in [0.4, 0.5) is 0 Å². The predicted octanol–water partition coefficient (Wildman–Crippen LogP) is 2.69. The first kappa shape index (κ1) is 10.2. The van der Waals surface area contributed by atoms with Crippen LogP contribution in [0.5, 0.6) is 0 Å². The number of nitrogens with zero attached hydrogens (tertiary/aromatic N) is 1. The highest BCUT2D eigenvalue weighted by Crippen LogP contribution is 2.22. The Bertz CT molecular complexity index is 506. The second kappa shape index (κ2) is 4.02. The Morgan fingerprint density at radius 3 is 3.13 bits per heavy atom. The third-order valence-corrected chi connectivity index (χ3v) is 2.67. The summed E-state index contributed by atoms with van der Waals surface area (Å²) in [5, 5.41) is 15.5. The first-order valence-corrected chi connectivity index (χ1v) is 5.37. The second-order valence-electron chi connectivity index (χ2n) is 3.04. The van der Waals surface area contributed by atoms with E-state index in [9.17, 15) is 0 Å². The van der Waals surface area contributed by atoms with Crippen molar-refractivity contribution in [1.82, 2.24) is 10.2 Å². The van der Waals surface area contributed by atoms with E-state index in [2.05, 4.69) is 26.1 Å². The van der Waals surface area contributed by atoms with E-state index in [1.165, 1.54) is 0 Å². The van der Waals surface area contributed by atoms with Crippen molar-refractivity contribution >= 4 is 32.7 Å². The van der Waals surface area contributed by atoms with Crippen LogP contribution in [0.15, 0.2) is 22.8 Å². The van der Waals surface area contributed by atoms with Crippen LogP contribution in [-0.2, 0) is 4.74 Å². The smallest absolute Gasteiger partial charge is 0.213 e. The topological polar surface area (TPSA) is 61.8 Å². The summed E-state index contributed by atoms with van der Waals surface area (Å²) in [7, 11) is 0. The lowest BCUT2D eigenvalue weighted by Gasteiger charge is -2.04. The van der Waals surface area contributed by atoms with E-state index in [0.29, 0.717) is 6.61 Å². The van der Waals surface area contributed by atoms with Gasteiger partial charge in [-0.05, 0) is 41.1 Å². The highest BCUT2D eigenvalue weighted by Gasteiger charge is 2.07. The maximum atomic E-state index is 7.66. The molecular weight excluding hydrogens is 258 g/mol. The number of aromatic nitrogens is 2. The number of hydrogen-bond donors (Lipinski definition) is 2. The van der Waals surface area contributed by atoms with Crippen molar-refractivity contribution in [3.05, 3.63) is 28.4 Å². The first-order valence-electron chi connectivity index (χ1n) is 4.57. The van der Waals surface area contributed by atoms with Crippen molar-refractivity contribution < 1.29 is 4.74 Å². The third kappa shape index (κ3) is 1.87. The van der Waals surface area contributed by atoms with Gasteiger partial charge in [0.1, 0.15) is 4.60 Å². The molecule has 4 nitrogen and oxygen atoms in total. The molecular formula is C10H10BrN3O. The van der Waals surface area contributed by atoms with Crippen LogP contribution >= 0.6 is 15.9 Å². The van der Waals surface area contributed by atoms with Gasteiger partial charge >= 0.3 is 0 Å². The quantitative estimate of drug-likeness (QED) is 0.649. The zero-order chi connectivity index (χ0) is 10.8. The molecule has 0 saturated carbocycles. The molecule has 0 aliphatic rings. The monoisotopic (exact) mass is 267 g/mol. The molecule has 0 spiro atoms. The molecule has 1 aromatic heterocycles. The van der Waals surface area contributed by atoms with Gasteiger partial charge in [0.25, 0.3) is 0 Å². The Morgan fingerprint density at radius 2 is 2.40 bits per heavy atom. The lowest BCUT2D eigenvalue weighted by molar-refractivity contribution is 0.325. The van der Waals surface area contributed by atoms with Gasteiger partial charge in [-0.3, -0.25) is 10.5 Å². The van der Waals surface area contributed by atoms with Gasteiger partial charge in [-0.15, -0.1) is 0 Å². The Kier molecular flexibility index (Phi) is 2.73. The number of rotatable bonds is 2.